The number of nitrogens with zero attached hydrogens (tertiary/aromatic N) is 2. The van der Waals surface area contributed by atoms with Gasteiger partial charge in [0.25, 0.3) is 0 Å². The van der Waals surface area contributed by atoms with Crippen molar-refractivity contribution in [1.82, 2.24) is 10.2 Å². The van der Waals surface area contributed by atoms with Gasteiger partial charge in [0, 0.05) is 56.7 Å². The summed E-state index contributed by atoms with van der Waals surface area (Å²) in [6, 6.07) is 15.5. The standard InChI is InChI=1S/C21H26N4O3/c26-21(23-17-4-2-1-3-5-17)22-8-9-24-10-12-25(13-11-24)18-6-7-19-20(16-18)28-15-14-27-19/h1-7,16H,8-15H2,(H2,22,23,26). The maximum Gasteiger partial charge on any atom is 0.319 e. The lowest BCUT2D eigenvalue weighted by molar-refractivity contribution is 0.171. The Labute approximate surface area is 165 Å². The van der Waals surface area contributed by atoms with Gasteiger partial charge >= 0.3 is 6.03 Å². The van der Waals surface area contributed by atoms with E-state index in [-0.39, 0.29) is 6.03 Å². The predicted octanol–water partition coefficient (Wildman–Crippen LogP) is 2.40. The third kappa shape index (κ3) is 4.67. The minimum Gasteiger partial charge on any atom is -0.486 e. The molecule has 0 spiro atoms. The minimum atomic E-state index is -0.166. The van der Waals surface area contributed by atoms with E-state index in [1.165, 1.54) is 5.69 Å². The maximum absolute atomic E-state index is 11.9. The zero-order valence-corrected chi connectivity index (χ0v) is 15.9. The fraction of sp³-hybridized carbons (Fsp3) is 0.381. The fourth-order valence-corrected chi connectivity index (χ4v) is 3.48. The van der Waals surface area contributed by atoms with Gasteiger partial charge in [-0.25, -0.2) is 4.79 Å². The average Bonchev–Trinajstić information content (AvgIpc) is 2.74. The summed E-state index contributed by atoms with van der Waals surface area (Å²) >= 11 is 0. The molecule has 0 radical (unpaired) electrons. The van der Waals surface area contributed by atoms with Gasteiger partial charge in [0.1, 0.15) is 13.2 Å². The number of nitrogens with one attached hydrogen (secondary N) is 2. The van der Waals surface area contributed by atoms with Crippen LogP contribution in [0.25, 0.3) is 0 Å². The van der Waals surface area contributed by atoms with E-state index < -0.39 is 0 Å². The fourth-order valence-electron chi connectivity index (χ4n) is 3.48. The highest BCUT2D eigenvalue weighted by Crippen LogP contribution is 2.34. The van der Waals surface area contributed by atoms with E-state index >= 15 is 0 Å². The van der Waals surface area contributed by atoms with Crippen LogP contribution in [0.15, 0.2) is 48.5 Å². The minimum absolute atomic E-state index is 0.166. The molecule has 0 saturated carbocycles. The molecule has 2 aliphatic rings. The highest BCUT2D eigenvalue weighted by molar-refractivity contribution is 5.89. The number of carbonyl (C=O) groups is 1. The van der Waals surface area contributed by atoms with Crippen LogP contribution in [0.5, 0.6) is 11.5 Å². The van der Waals surface area contributed by atoms with E-state index in [1.54, 1.807) is 0 Å². The quantitative estimate of drug-likeness (QED) is 0.831. The molecule has 0 aliphatic carbocycles. The first-order chi connectivity index (χ1) is 13.8. The molecule has 2 aromatic rings. The van der Waals surface area contributed by atoms with Crippen molar-refractivity contribution >= 4 is 17.4 Å². The molecule has 28 heavy (non-hydrogen) atoms. The van der Waals surface area contributed by atoms with Crippen LogP contribution in [0.1, 0.15) is 0 Å². The van der Waals surface area contributed by atoms with Crippen molar-refractivity contribution in [1.29, 1.82) is 0 Å². The summed E-state index contributed by atoms with van der Waals surface area (Å²) in [5, 5.41) is 5.75. The van der Waals surface area contributed by atoms with Gasteiger partial charge in [-0.3, -0.25) is 4.90 Å². The van der Waals surface area contributed by atoms with Crippen LogP contribution in [0.4, 0.5) is 16.2 Å². The second-order valence-electron chi connectivity index (χ2n) is 6.90. The Morgan fingerprint density at radius 3 is 2.46 bits per heavy atom. The summed E-state index contributed by atoms with van der Waals surface area (Å²) in [6.07, 6.45) is 0. The number of benzene rings is 2. The molecule has 7 heteroatoms. The molecule has 2 aromatic carbocycles. The van der Waals surface area contributed by atoms with Gasteiger partial charge in [0.15, 0.2) is 11.5 Å². The van der Waals surface area contributed by atoms with Crippen LogP contribution >= 0.6 is 0 Å². The van der Waals surface area contributed by atoms with Gasteiger partial charge in [0.05, 0.1) is 0 Å². The number of hydrogen-bond acceptors (Lipinski definition) is 5. The topological polar surface area (TPSA) is 66.1 Å². The maximum atomic E-state index is 11.9. The van der Waals surface area contributed by atoms with Crippen molar-refractivity contribution in [3.63, 3.8) is 0 Å². The zero-order chi connectivity index (χ0) is 19.2. The number of hydrogen-bond donors (Lipinski definition) is 2. The van der Waals surface area contributed by atoms with E-state index in [0.29, 0.717) is 19.8 Å². The smallest absolute Gasteiger partial charge is 0.319 e. The number of carbonyl (C=O) groups excluding carboxylic acids is 1. The van der Waals surface area contributed by atoms with Gasteiger partial charge in [-0.1, -0.05) is 18.2 Å². The third-order valence-corrected chi connectivity index (χ3v) is 5.01. The Balaban J connectivity index is 1.19. The Bertz CT molecular complexity index is 791. The van der Waals surface area contributed by atoms with Crippen molar-refractivity contribution in [3.8, 4) is 11.5 Å². The lowest BCUT2D eigenvalue weighted by Gasteiger charge is -2.36. The van der Waals surface area contributed by atoms with Gasteiger partial charge in [-0.15, -0.1) is 0 Å². The Morgan fingerprint density at radius 2 is 1.68 bits per heavy atom. The van der Waals surface area contributed by atoms with Crippen molar-refractivity contribution in [2.75, 3.05) is 62.7 Å². The van der Waals surface area contributed by atoms with Gasteiger partial charge in [0.2, 0.25) is 0 Å². The van der Waals surface area contributed by atoms with Gasteiger partial charge in [-0.2, -0.15) is 0 Å². The average molecular weight is 382 g/mol. The first-order valence-electron chi connectivity index (χ1n) is 9.75. The number of rotatable bonds is 5. The molecule has 2 heterocycles. The summed E-state index contributed by atoms with van der Waals surface area (Å²) in [5.74, 6) is 1.66. The molecule has 0 atom stereocenters. The molecular weight excluding hydrogens is 356 g/mol. The second kappa shape index (κ2) is 8.84. The summed E-state index contributed by atoms with van der Waals surface area (Å²) < 4.78 is 11.3. The second-order valence-corrected chi connectivity index (χ2v) is 6.90. The van der Waals surface area contributed by atoms with Crippen LogP contribution in [-0.4, -0.2) is 63.4 Å². The largest absolute Gasteiger partial charge is 0.486 e. The summed E-state index contributed by atoms with van der Waals surface area (Å²) in [6.45, 7) is 6.54. The van der Waals surface area contributed by atoms with E-state index in [0.717, 1.165) is 49.9 Å². The zero-order valence-electron chi connectivity index (χ0n) is 15.9. The van der Waals surface area contributed by atoms with Crippen molar-refractivity contribution in [2.24, 2.45) is 0 Å². The van der Waals surface area contributed by atoms with Crippen LogP contribution in [-0.2, 0) is 0 Å². The number of amides is 2. The van der Waals surface area contributed by atoms with Crippen molar-refractivity contribution in [3.05, 3.63) is 48.5 Å². The lowest BCUT2D eigenvalue weighted by Crippen LogP contribution is -2.48. The Morgan fingerprint density at radius 1 is 0.929 bits per heavy atom. The number of fused-ring (bicyclic) bond motifs is 1. The van der Waals surface area contributed by atoms with Crippen LogP contribution in [0.3, 0.4) is 0 Å². The Kier molecular flexibility index (Phi) is 5.82. The monoisotopic (exact) mass is 382 g/mol. The van der Waals surface area contributed by atoms with E-state index in [1.807, 2.05) is 36.4 Å². The summed E-state index contributed by atoms with van der Waals surface area (Å²) in [7, 11) is 0. The van der Waals surface area contributed by atoms with Gasteiger partial charge in [-0.05, 0) is 24.3 Å². The normalized spacial score (nSPS) is 16.5. The van der Waals surface area contributed by atoms with Crippen LogP contribution in [0.2, 0.25) is 0 Å². The predicted molar refractivity (Wildman–Crippen MR) is 110 cm³/mol. The first-order valence-corrected chi connectivity index (χ1v) is 9.75. The molecular formula is C21H26N4O3. The van der Waals surface area contributed by atoms with Gasteiger partial charge < -0.3 is 25.0 Å². The third-order valence-electron chi connectivity index (χ3n) is 5.01. The molecule has 148 valence electrons. The summed E-state index contributed by atoms with van der Waals surface area (Å²) in [5.41, 5.74) is 1.97. The van der Waals surface area contributed by atoms with Crippen molar-refractivity contribution < 1.29 is 14.3 Å². The van der Waals surface area contributed by atoms with Crippen LogP contribution < -0.4 is 25.0 Å². The molecule has 2 amide bonds. The molecule has 4 rings (SSSR count). The number of urea groups is 1. The number of para-hydroxylation sites is 1. The highest BCUT2D eigenvalue weighted by Gasteiger charge is 2.19. The SMILES string of the molecule is O=C(NCCN1CCN(c2ccc3c(c2)OCCO3)CC1)Nc1ccccc1. The first kappa shape index (κ1) is 18.4. The molecule has 0 unspecified atom stereocenters. The number of piperazine rings is 1. The molecule has 1 saturated heterocycles. The molecule has 2 aliphatic heterocycles. The molecule has 0 aromatic heterocycles. The number of anilines is 2. The Hall–Kier alpha value is -2.93. The molecule has 1 fully saturated rings. The van der Waals surface area contributed by atoms with Crippen molar-refractivity contribution in [2.45, 2.75) is 0 Å². The summed E-state index contributed by atoms with van der Waals surface area (Å²) in [4.78, 5) is 16.7. The highest BCUT2D eigenvalue weighted by atomic mass is 16.6. The van der Waals surface area contributed by atoms with Crippen LogP contribution in [0, 0.1) is 0 Å². The van der Waals surface area contributed by atoms with E-state index in [4.69, 9.17) is 9.47 Å². The van der Waals surface area contributed by atoms with E-state index in [2.05, 4.69) is 32.6 Å². The molecule has 7 nitrogen and oxygen atoms in total. The molecule has 0 bridgehead atoms. The number of ether oxygens (including phenoxy) is 2. The lowest BCUT2D eigenvalue weighted by atomic mass is 10.2. The molecule has 2 N–H and O–H groups in total. The van der Waals surface area contributed by atoms with E-state index in [9.17, 15) is 4.79 Å².